The number of halogens is 1. The normalized spacial score (nSPS) is 10.9. The Morgan fingerprint density at radius 1 is 1.50 bits per heavy atom. The van der Waals surface area contributed by atoms with Crippen molar-refractivity contribution in [1.82, 2.24) is 0 Å². The van der Waals surface area contributed by atoms with Crippen molar-refractivity contribution in [2.75, 3.05) is 31.3 Å². The van der Waals surface area contributed by atoms with Gasteiger partial charge >= 0.3 is 0 Å². The zero-order valence-electron chi connectivity index (χ0n) is 9.76. The summed E-state index contributed by atoms with van der Waals surface area (Å²) < 4.78 is 11.9. The molecule has 0 radical (unpaired) electrons. The first-order valence-electron chi connectivity index (χ1n) is 5.32. The van der Waals surface area contributed by atoms with Crippen molar-refractivity contribution in [3.8, 4) is 0 Å². The first-order valence-corrected chi connectivity index (χ1v) is 5.32. The molecule has 0 heterocycles. The molecule has 0 atom stereocenters. The molecule has 0 spiro atoms. The van der Waals surface area contributed by atoms with E-state index < -0.39 is 0 Å². The highest BCUT2D eigenvalue weighted by molar-refractivity contribution is 5.92. The summed E-state index contributed by atoms with van der Waals surface area (Å²) in [4.78, 5) is 4.14. The molecule has 16 heavy (non-hydrogen) atoms. The molecular formula is C12H18FN3. The summed E-state index contributed by atoms with van der Waals surface area (Å²) in [7, 11) is 1.83. The van der Waals surface area contributed by atoms with E-state index in [-0.39, 0.29) is 6.67 Å². The average molecular weight is 223 g/mol. The highest BCUT2D eigenvalue weighted by atomic mass is 19.1. The fourth-order valence-electron chi connectivity index (χ4n) is 1.45. The SMILES string of the molecule is CNc1cc(C)cc(C=NCCCF)c1N. The molecule has 0 amide bonds. The highest BCUT2D eigenvalue weighted by Crippen LogP contribution is 2.23. The van der Waals surface area contributed by atoms with Gasteiger partial charge in [-0.1, -0.05) is 0 Å². The molecule has 1 rings (SSSR count). The van der Waals surface area contributed by atoms with Crippen molar-refractivity contribution in [3.05, 3.63) is 23.3 Å². The van der Waals surface area contributed by atoms with E-state index in [1.165, 1.54) is 0 Å². The molecule has 0 fully saturated rings. The zero-order valence-corrected chi connectivity index (χ0v) is 9.76. The predicted octanol–water partition coefficient (Wildman–Crippen LogP) is 2.40. The van der Waals surface area contributed by atoms with Crippen LogP contribution in [0.15, 0.2) is 17.1 Å². The predicted molar refractivity (Wildman–Crippen MR) is 68.2 cm³/mol. The van der Waals surface area contributed by atoms with E-state index in [0.29, 0.717) is 18.7 Å². The maximum atomic E-state index is 11.9. The first-order chi connectivity index (χ1) is 7.69. The molecule has 1 aromatic carbocycles. The van der Waals surface area contributed by atoms with Gasteiger partial charge in [-0.15, -0.1) is 0 Å². The van der Waals surface area contributed by atoms with E-state index >= 15 is 0 Å². The van der Waals surface area contributed by atoms with Crippen LogP contribution in [0.2, 0.25) is 0 Å². The van der Waals surface area contributed by atoms with E-state index in [4.69, 9.17) is 5.73 Å². The number of aliphatic imine (C=N–C) groups is 1. The number of aryl methyl sites for hydroxylation is 1. The van der Waals surface area contributed by atoms with E-state index in [1.54, 1.807) is 6.21 Å². The Hall–Kier alpha value is -1.58. The summed E-state index contributed by atoms with van der Waals surface area (Å²) >= 11 is 0. The quantitative estimate of drug-likeness (QED) is 0.457. The van der Waals surface area contributed by atoms with Crippen molar-refractivity contribution in [2.24, 2.45) is 4.99 Å². The van der Waals surface area contributed by atoms with Crippen LogP contribution in [0.4, 0.5) is 15.8 Å². The topological polar surface area (TPSA) is 50.4 Å². The smallest absolute Gasteiger partial charge is 0.0912 e. The minimum absolute atomic E-state index is 0.331. The van der Waals surface area contributed by atoms with E-state index in [1.807, 2.05) is 26.1 Å². The maximum Gasteiger partial charge on any atom is 0.0912 e. The summed E-state index contributed by atoms with van der Waals surface area (Å²) in [6.07, 6.45) is 2.17. The third-order valence-electron chi connectivity index (χ3n) is 2.28. The lowest BCUT2D eigenvalue weighted by atomic mass is 10.1. The Morgan fingerprint density at radius 3 is 2.88 bits per heavy atom. The van der Waals surface area contributed by atoms with Gasteiger partial charge < -0.3 is 11.1 Å². The number of anilines is 2. The van der Waals surface area contributed by atoms with Gasteiger partial charge in [-0.2, -0.15) is 0 Å². The molecule has 0 aliphatic rings. The molecule has 0 bridgehead atoms. The molecule has 0 aromatic heterocycles. The lowest BCUT2D eigenvalue weighted by Crippen LogP contribution is -2.01. The number of nitrogens with zero attached hydrogens (tertiary/aromatic N) is 1. The summed E-state index contributed by atoms with van der Waals surface area (Å²) in [6, 6.07) is 3.95. The molecule has 0 aliphatic carbocycles. The second-order valence-corrected chi connectivity index (χ2v) is 3.64. The van der Waals surface area contributed by atoms with Gasteiger partial charge in [-0.25, -0.2) is 0 Å². The molecule has 0 saturated carbocycles. The number of nitrogens with two attached hydrogens (primary N) is 1. The van der Waals surface area contributed by atoms with Crippen LogP contribution in [-0.2, 0) is 0 Å². The number of hydrogen-bond acceptors (Lipinski definition) is 3. The lowest BCUT2D eigenvalue weighted by molar-refractivity contribution is 0.478. The Balaban J connectivity index is 2.86. The minimum atomic E-state index is -0.331. The van der Waals surface area contributed by atoms with Gasteiger partial charge in [0.25, 0.3) is 0 Å². The summed E-state index contributed by atoms with van der Waals surface area (Å²) in [5.41, 5.74) is 9.52. The number of alkyl halides is 1. The monoisotopic (exact) mass is 223 g/mol. The summed E-state index contributed by atoms with van der Waals surface area (Å²) in [5.74, 6) is 0. The van der Waals surface area contributed by atoms with Gasteiger partial charge in [0.05, 0.1) is 18.0 Å². The van der Waals surface area contributed by atoms with Crippen LogP contribution in [0.3, 0.4) is 0 Å². The minimum Gasteiger partial charge on any atom is -0.397 e. The number of hydrogen-bond donors (Lipinski definition) is 2. The van der Waals surface area contributed by atoms with Crippen LogP contribution >= 0.6 is 0 Å². The van der Waals surface area contributed by atoms with Crippen LogP contribution in [0.5, 0.6) is 0 Å². The lowest BCUT2D eigenvalue weighted by Gasteiger charge is -2.09. The van der Waals surface area contributed by atoms with Crippen molar-refractivity contribution in [1.29, 1.82) is 0 Å². The van der Waals surface area contributed by atoms with Crippen molar-refractivity contribution >= 4 is 17.6 Å². The maximum absolute atomic E-state index is 11.9. The van der Waals surface area contributed by atoms with Crippen LogP contribution < -0.4 is 11.1 Å². The van der Waals surface area contributed by atoms with Crippen LogP contribution in [-0.4, -0.2) is 26.5 Å². The molecule has 88 valence electrons. The number of rotatable bonds is 5. The fraction of sp³-hybridized carbons (Fsp3) is 0.417. The van der Waals surface area contributed by atoms with E-state index in [2.05, 4.69) is 10.3 Å². The van der Waals surface area contributed by atoms with Gasteiger partial charge in [0, 0.05) is 25.4 Å². The number of benzene rings is 1. The Bertz CT molecular complexity index is 375. The molecular weight excluding hydrogens is 205 g/mol. The highest BCUT2D eigenvalue weighted by Gasteiger charge is 2.03. The number of nitrogens with one attached hydrogen (secondary N) is 1. The molecule has 0 aliphatic heterocycles. The van der Waals surface area contributed by atoms with Gasteiger partial charge in [0.1, 0.15) is 0 Å². The first kappa shape index (κ1) is 12.5. The molecule has 3 N–H and O–H groups in total. The average Bonchev–Trinajstić information content (AvgIpc) is 2.28. The third-order valence-corrected chi connectivity index (χ3v) is 2.28. The van der Waals surface area contributed by atoms with Crippen molar-refractivity contribution in [2.45, 2.75) is 13.3 Å². The van der Waals surface area contributed by atoms with Gasteiger partial charge in [-0.3, -0.25) is 9.38 Å². The number of nitrogen functional groups attached to an aromatic ring is 1. The molecule has 3 nitrogen and oxygen atoms in total. The Kier molecular flexibility index (Phi) is 4.76. The molecule has 0 unspecified atom stereocenters. The fourth-order valence-corrected chi connectivity index (χ4v) is 1.45. The Labute approximate surface area is 95.6 Å². The summed E-state index contributed by atoms with van der Waals surface area (Å²) in [5, 5.41) is 3.03. The van der Waals surface area contributed by atoms with Gasteiger partial charge in [0.15, 0.2) is 0 Å². The second kappa shape index (κ2) is 6.10. The van der Waals surface area contributed by atoms with Gasteiger partial charge in [-0.05, 0) is 31.0 Å². The third kappa shape index (κ3) is 3.22. The van der Waals surface area contributed by atoms with Crippen molar-refractivity contribution < 1.29 is 4.39 Å². The second-order valence-electron chi connectivity index (χ2n) is 3.64. The van der Waals surface area contributed by atoms with Crippen LogP contribution in [0.1, 0.15) is 17.5 Å². The molecule has 4 heteroatoms. The zero-order chi connectivity index (χ0) is 12.0. The van der Waals surface area contributed by atoms with Crippen LogP contribution in [0.25, 0.3) is 0 Å². The van der Waals surface area contributed by atoms with Crippen molar-refractivity contribution in [3.63, 3.8) is 0 Å². The standard InChI is InChI=1S/C12H18FN3/c1-9-6-10(8-16-5-3-4-13)12(14)11(7-9)15-2/h6-8,15H,3-5,14H2,1-2H3. The van der Waals surface area contributed by atoms with Crippen LogP contribution in [0, 0.1) is 6.92 Å². The van der Waals surface area contributed by atoms with E-state index in [0.717, 1.165) is 16.8 Å². The summed E-state index contributed by atoms with van der Waals surface area (Å²) in [6.45, 7) is 2.17. The van der Waals surface area contributed by atoms with Gasteiger partial charge in [0.2, 0.25) is 0 Å². The Morgan fingerprint density at radius 2 is 2.25 bits per heavy atom. The molecule has 0 saturated heterocycles. The largest absolute Gasteiger partial charge is 0.397 e. The van der Waals surface area contributed by atoms with E-state index in [9.17, 15) is 4.39 Å². The molecule has 1 aromatic rings.